The molecule has 0 aliphatic heterocycles. The van der Waals surface area contributed by atoms with E-state index in [1.807, 2.05) is 0 Å². The second kappa shape index (κ2) is 8.64. The van der Waals surface area contributed by atoms with E-state index in [1.165, 1.54) is 5.56 Å². The number of methoxy groups -OCH3 is 1. The summed E-state index contributed by atoms with van der Waals surface area (Å²) in [4.78, 5) is 2.27. The van der Waals surface area contributed by atoms with Crippen molar-refractivity contribution in [3.8, 4) is 0 Å². The van der Waals surface area contributed by atoms with Gasteiger partial charge in [-0.3, -0.25) is 0 Å². The number of ether oxygens (including phenoxy) is 1. The molecule has 0 heterocycles. The lowest BCUT2D eigenvalue weighted by Gasteiger charge is -2.19. The molecule has 4 heteroatoms. The standard InChI is InChI=1S/C14H23BrN2O/c1-12(13-5-4-6-14(15)11-13)16-7-8-17(2)9-10-18-3/h4-6,11-12,16H,7-10H2,1-3H3. The maximum atomic E-state index is 5.06. The number of nitrogens with zero attached hydrogens (tertiary/aromatic N) is 1. The Hall–Kier alpha value is -0.420. The molecule has 1 aromatic rings. The highest BCUT2D eigenvalue weighted by Crippen LogP contribution is 2.17. The van der Waals surface area contributed by atoms with Crippen LogP contribution in [0, 0.1) is 0 Å². The van der Waals surface area contributed by atoms with Crippen LogP contribution in [0.4, 0.5) is 0 Å². The molecular weight excluding hydrogens is 292 g/mol. The molecule has 0 radical (unpaired) electrons. The monoisotopic (exact) mass is 314 g/mol. The lowest BCUT2D eigenvalue weighted by molar-refractivity contribution is 0.161. The first kappa shape index (κ1) is 15.6. The van der Waals surface area contributed by atoms with E-state index in [0.29, 0.717) is 6.04 Å². The van der Waals surface area contributed by atoms with Crippen LogP contribution in [0.3, 0.4) is 0 Å². The fourth-order valence-electron chi connectivity index (χ4n) is 1.72. The number of nitrogens with one attached hydrogen (secondary N) is 1. The molecule has 0 amide bonds. The molecule has 0 aromatic heterocycles. The molecule has 1 unspecified atom stereocenters. The smallest absolute Gasteiger partial charge is 0.0589 e. The first-order valence-corrected chi connectivity index (χ1v) is 7.09. The predicted molar refractivity (Wildman–Crippen MR) is 79.9 cm³/mol. The van der Waals surface area contributed by atoms with Crippen LogP contribution >= 0.6 is 15.9 Å². The van der Waals surface area contributed by atoms with Crippen molar-refractivity contribution in [3.63, 3.8) is 0 Å². The van der Waals surface area contributed by atoms with E-state index >= 15 is 0 Å². The Bertz CT molecular complexity index is 346. The molecule has 1 atom stereocenters. The lowest BCUT2D eigenvalue weighted by atomic mass is 10.1. The summed E-state index contributed by atoms with van der Waals surface area (Å²) in [6, 6.07) is 8.80. The molecule has 0 spiro atoms. The zero-order valence-electron chi connectivity index (χ0n) is 11.4. The van der Waals surface area contributed by atoms with Gasteiger partial charge in [-0.05, 0) is 31.7 Å². The molecule has 0 fully saturated rings. The quantitative estimate of drug-likeness (QED) is 0.798. The van der Waals surface area contributed by atoms with E-state index < -0.39 is 0 Å². The van der Waals surface area contributed by atoms with Gasteiger partial charge in [0.25, 0.3) is 0 Å². The Kier molecular flexibility index (Phi) is 7.51. The van der Waals surface area contributed by atoms with Gasteiger partial charge in [-0.1, -0.05) is 28.1 Å². The molecule has 0 aliphatic rings. The van der Waals surface area contributed by atoms with Gasteiger partial charge in [0.15, 0.2) is 0 Å². The van der Waals surface area contributed by atoms with Gasteiger partial charge < -0.3 is 15.0 Å². The Morgan fingerprint density at radius 3 is 2.83 bits per heavy atom. The highest BCUT2D eigenvalue weighted by Gasteiger charge is 2.05. The van der Waals surface area contributed by atoms with Crippen LogP contribution in [0.5, 0.6) is 0 Å². The maximum Gasteiger partial charge on any atom is 0.0589 e. The Labute approximate surface area is 119 Å². The van der Waals surface area contributed by atoms with Crippen LogP contribution in [0.15, 0.2) is 28.7 Å². The van der Waals surface area contributed by atoms with E-state index in [0.717, 1.165) is 30.7 Å². The third-order valence-corrected chi connectivity index (χ3v) is 3.46. The molecular formula is C14H23BrN2O. The zero-order valence-corrected chi connectivity index (χ0v) is 13.0. The first-order valence-electron chi connectivity index (χ1n) is 6.30. The fourth-order valence-corrected chi connectivity index (χ4v) is 2.14. The summed E-state index contributed by atoms with van der Waals surface area (Å²) in [7, 11) is 3.85. The van der Waals surface area contributed by atoms with Crippen molar-refractivity contribution in [3.05, 3.63) is 34.3 Å². The van der Waals surface area contributed by atoms with Gasteiger partial charge in [0.1, 0.15) is 0 Å². The summed E-state index contributed by atoms with van der Waals surface area (Å²) in [5.74, 6) is 0. The molecule has 1 N–H and O–H groups in total. The van der Waals surface area contributed by atoms with E-state index in [-0.39, 0.29) is 0 Å². The molecule has 3 nitrogen and oxygen atoms in total. The lowest BCUT2D eigenvalue weighted by Crippen LogP contribution is -2.32. The highest BCUT2D eigenvalue weighted by molar-refractivity contribution is 9.10. The van der Waals surface area contributed by atoms with Crippen molar-refractivity contribution in [2.75, 3.05) is 40.4 Å². The minimum atomic E-state index is 0.373. The van der Waals surface area contributed by atoms with Crippen LogP contribution in [-0.4, -0.2) is 45.3 Å². The second-order valence-electron chi connectivity index (χ2n) is 4.53. The molecule has 0 saturated heterocycles. The number of likely N-dealkylation sites (N-methyl/N-ethyl adjacent to an activating group) is 1. The van der Waals surface area contributed by atoms with Crippen molar-refractivity contribution >= 4 is 15.9 Å². The van der Waals surface area contributed by atoms with Gasteiger partial charge in [-0.2, -0.15) is 0 Å². The van der Waals surface area contributed by atoms with Crippen LogP contribution in [0.25, 0.3) is 0 Å². The summed E-state index contributed by atoms with van der Waals surface area (Å²) >= 11 is 3.50. The summed E-state index contributed by atoms with van der Waals surface area (Å²) in [6.07, 6.45) is 0. The van der Waals surface area contributed by atoms with E-state index in [2.05, 4.69) is 64.4 Å². The van der Waals surface area contributed by atoms with Crippen LogP contribution < -0.4 is 5.32 Å². The molecule has 0 saturated carbocycles. The van der Waals surface area contributed by atoms with Crippen molar-refractivity contribution in [2.45, 2.75) is 13.0 Å². The number of halogens is 1. The number of benzene rings is 1. The Morgan fingerprint density at radius 2 is 2.17 bits per heavy atom. The number of rotatable bonds is 8. The highest BCUT2D eigenvalue weighted by atomic mass is 79.9. The third-order valence-electron chi connectivity index (χ3n) is 2.97. The predicted octanol–water partition coefficient (Wildman–Crippen LogP) is 2.68. The SMILES string of the molecule is COCCN(C)CCNC(C)c1cccc(Br)c1. The molecule has 0 aliphatic carbocycles. The van der Waals surface area contributed by atoms with Crippen LogP contribution in [-0.2, 0) is 4.74 Å². The summed E-state index contributed by atoms with van der Waals surface area (Å²) in [6.45, 7) is 5.97. The largest absolute Gasteiger partial charge is 0.383 e. The van der Waals surface area contributed by atoms with Gasteiger partial charge >= 0.3 is 0 Å². The van der Waals surface area contributed by atoms with Gasteiger partial charge in [0, 0.05) is 37.3 Å². The molecule has 0 bridgehead atoms. The molecule has 18 heavy (non-hydrogen) atoms. The Morgan fingerprint density at radius 1 is 1.39 bits per heavy atom. The van der Waals surface area contributed by atoms with E-state index in [4.69, 9.17) is 4.74 Å². The van der Waals surface area contributed by atoms with Crippen molar-refractivity contribution in [2.24, 2.45) is 0 Å². The molecule has 1 aromatic carbocycles. The van der Waals surface area contributed by atoms with Gasteiger partial charge in [0.2, 0.25) is 0 Å². The minimum absolute atomic E-state index is 0.373. The average molecular weight is 315 g/mol. The summed E-state index contributed by atoms with van der Waals surface area (Å²) in [5.41, 5.74) is 1.31. The van der Waals surface area contributed by atoms with Crippen LogP contribution in [0.1, 0.15) is 18.5 Å². The third kappa shape index (κ3) is 5.96. The van der Waals surface area contributed by atoms with E-state index in [9.17, 15) is 0 Å². The molecule has 1 rings (SSSR count). The van der Waals surface area contributed by atoms with Gasteiger partial charge in [-0.15, -0.1) is 0 Å². The van der Waals surface area contributed by atoms with Crippen molar-refractivity contribution in [1.29, 1.82) is 0 Å². The number of hydrogen-bond donors (Lipinski definition) is 1. The first-order chi connectivity index (χ1) is 8.63. The summed E-state index contributed by atoms with van der Waals surface area (Å²) < 4.78 is 6.19. The second-order valence-corrected chi connectivity index (χ2v) is 5.44. The van der Waals surface area contributed by atoms with Gasteiger partial charge in [0.05, 0.1) is 6.61 Å². The van der Waals surface area contributed by atoms with Crippen LogP contribution in [0.2, 0.25) is 0 Å². The zero-order chi connectivity index (χ0) is 13.4. The molecule has 102 valence electrons. The summed E-state index contributed by atoms with van der Waals surface area (Å²) in [5, 5.41) is 3.53. The van der Waals surface area contributed by atoms with Crippen molar-refractivity contribution < 1.29 is 4.74 Å². The van der Waals surface area contributed by atoms with E-state index in [1.54, 1.807) is 7.11 Å². The number of hydrogen-bond acceptors (Lipinski definition) is 3. The van der Waals surface area contributed by atoms with Gasteiger partial charge in [-0.25, -0.2) is 0 Å². The topological polar surface area (TPSA) is 24.5 Å². The Balaban J connectivity index is 2.27. The van der Waals surface area contributed by atoms with Crippen molar-refractivity contribution in [1.82, 2.24) is 10.2 Å². The normalized spacial score (nSPS) is 12.9. The minimum Gasteiger partial charge on any atom is -0.383 e. The average Bonchev–Trinajstić information content (AvgIpc) is 2.36. The fraction of sp³-hybridized carbons (Fsp3) is 0.571. The maximum absolute atomic E-state index is 5.06.